The minimum atomic E-state index is -0.626. The Morgan fingerprint density at radius 1 is 1.00 bits per heavy atom. The van der Waals surface area contributed by atoms with E-state index in [-0.39, 0.29) is 31.5 Å². The van der Waals surface area contributed by atoms with E-state index in [1.54, 1.807) is 7.11 Å². The smallest absolute Gasteiger partial charge is 0.355 e. The van der Waals surface area contributed by atoms with Crippen molar-refractivity contribution in [2.45, 2.75) is 21.9 Å². The Hall–Kier alpha value is -2.62. The van der Waals surface area contributed by atoms with E-state index in [1.165, 1.54) is 15.7 Å². The number of rotatable bonds is 11. The monoisotopic (exact) mass is 703 g/mol. The number of guanidine groups is 1. The Morgan fingerprint density at radius 3 is 2.29 bits per heavy atom. The first-order valence-corrected chi connectivity index (χ1v) is 13.8. The molecule has 35 heavy (non-hydrogen) atoms. The average molecular weight is 703 g/mol. The SMILES string of the molecule is COc1ccc(Cn2c(NCCN=C(N)N)nc(=O)n(Cc3ccc(CI)c(CI)c3)c2=O)cc1. The van der Waals surface area contributed by atoms with Crippen molar-refractivity contribution in [2.24, 2.45) is 16.5 Å². The second-order valence-corrected chi connectivity index (χ2v) is 9.15. The molecule has 0 bridgehead atoms. The first-order valence-electron chi connectivity index (χ1n) is 10.7. The quantitative estimate of drug-likeness (QED) is 0.0913. The number of aliphatic imine (C=N–C) groups is 1. The van der Waals surface area contributed by atoms with Crippen LogP contribution in [0.2, 0.25) is 0 Å². The lowest BCUT2D eigenvalue weighted by Crippen LogP contribution is -2.43. The molecule has 0 spiro atoms. The van der Waals surface area contributed by atoms with Gasteiger partial charge in [0.2, 0.25) is 5.95 Å². The summed E-state index contributed by atoms with van der Waals surface area (Å²) in [5, 5.41) is 3.01. The topological polar surface area (TPSA) is 143 Å². The Balaban J connectivity index is 2.00. The van der Waals surface area contributed by atoms with E-state index in [1.807, 2.05) is 42.5 Å². The molecule has 2 aromatic carbocycles. The van der Waals surface area contributed by atoms with Gasteiger partial charge in [0.05, 0.1) is 26.7 Å². The van der Waals surface area contributed by atoms with Crippen LogP contribution in [0.15, 0.2) is 57.0 Å². The maximum atomic E-state index is 13.5. The van der Waals surface area contributed by atoms with E-state index >= 15 is 0 Å². The molecule has 10 nitrogen and oxygen atoms in total. The number of benzene rings is 2. The zero-order valence-corrected chi connectivity index (χ0v) is 23.5. The van der Waals surface area contributed by atoms with E-state index in [2.05, 4.69) is 60.5 Å². The Bertz CT molecular complexity index is 1300. The largest absolute Gasteiger partial charge is 0.497 e. The molecule has 0 saturated carbocycles. The van der Waals surface area contributed by atoms with Crippen LogP contribution in [0, 0.1) is 0 Å². The first kappa shape index (κ1) is 27.0. The molecule has 1 heterocycles. The van der Waals surface area contributed by atoms with Gasteiger partial charge in [0.15, 0.2) is 5.96 Å². The van der Waals surface area contributed by atoms with E-state index in [4.69, 9.17) is 16.2 Å². The van der Waals surface area contributed by atoms with Crippen LogP contribution in [0.25, 0.3) is 0 Å². The van der Waals surface area contributed by atoms with Crippen LogP contribution >= 0.6 is 45.2 Å². The van der Waals surface area contributed by atoms with Gasteiger partial charge in [-0.1, -0.05) is 75.5 Å². The van der Waals surface area contributed by atoms with Crippen molar-refractivity contribution in [3.63, 3.8) is 0 Å². The maximum Gasteiger partial charge on any atom is 0.355 e. The van der Waals surface area contributed by atoms with Crippen molar-refractivity contribution in [2.75, 3.05) is 25.5 Å². The van der Waals surface area contributed by atoms with Gasteiger partial charge in [-0.2, -0.15) is 4.98 Å². The molecule has 3 rings (SSSR count). The number of nitrogens with one attached hydrogen (secondary N) is 1. The summed E-state index contributed by atoms with van der Waals surface area (Å²) in [6.45, 7) is 0.916. The molecule has 3 aromatic rings. The molecule has 0 amide bonds. The van der Waals surface area contributed by atoms with Crippen LogP contribution < -0.4 is 32.9 Å². The molecule has 1 aromatic heterocycles. The molecular formula is C23H27I2N7O3. The third kappa shape index (κ3) is 7.19. The van der Waals surface area contributed by atoms with Crippen LogP contribution in [-0.2, 0) is 21.9 Å². The summed E-state index contributed by atoms with van der Waals surface area (Å²) >= 11 is 4.65. The molecule has 0 atom stereocenters. The van der Waals surface area contributed by atoms with Gasteiger partial charge in [0.1, 0.15) is 5.75 Å². The van der Waals surface area contributed by atoms with Gasteiger partial charge in [0.25, 0.3) is 0 Å². The molecule has 0 saturated heterocycles. The van der Waals surface area contributed by atoms with Crippen LogP contribution in [0.3, 0.4) is 0 Å². The minimum Gasteiger partial charge on any atom is -0.497 e. The summed E-state index contributed by atoms with van der Waals surface area (Å²) in [6, 6.07) is 13.4. The molecule has 0 aliphatic rings. The number of halogens is 2. The number of nitrogens with zero attached hydrogens (tertiary/aromatic N) is 4. The van der Waals surface area contributed by atoms with E-state index in [0.717, 1.165) is 24.5 Å². The Labute approximate surface area is 230 Å². The highest BCUT2D eigenvalue weighted by molar-refractivity contribution is 14.1. The number of nitrogens with two attached hydrogens (primary N) is 2. The molecular weight excluding hydrogens is 676 g/mol. The Kier molecular flexibility index (Phi) is 9.94. The van der Waals surface area contributed by atoms with Gasteiger partial charge in [-0.25, -0.2) is 14.2 Å². The van der Waals surface area contributed by atoms with Crippen LogP contribution in [0.1, 0.15) is 22.3 Å². The number of hydrogen-bond acceptors (Lipinski definition) is 6. The third-order valence-electron chi connectivity index (χ3n) is 5.24. The number of anilines is 1. The molecule has 0 radical (unpaired) electrons. The number of ether oxygens (including phenoxy) is 1. The summed E-state index contributed by atoms with van der Waals surface area (Å²) in [5.41, 5.74) is 13.8. The van der Waals surface area contributed by atoms with Crippen LogP contribution in [-0.4, -0.2) is 40.3 Å². The lowest BCUT2D eigenvalue weighted by atomic mass is 10.1. The zero-order chi connectivity index (χ0) is 25.4. The molecule has 12 heteroatoms. The van der Waals surface area contributed by atoms with Gasteiger partial charge >= 0.3 is 11.4 Å². The highest BCUT2D eigenvalue weighted by Gasteiger charge is 2.15. The second kappa shape index (κ2) is 12.9. The summed E-state index contributed by atoms with van der Waals surface area (Å²) in [5.74, 6) is 0.831. The molecule has 0 aliphatic heterocycles. The van der Waals surface area contributed by atoms with Crippen LogP contribution in [0.4, 0.5) is 5.95 Å². The molecule has 0 fully saturated rings. The average Bonchev–Trinajstić information content (AvgIpc) is 2.86. The molecule has 5 N–H and O–H groups in total. The third-order valence-corrected chi connectivity index (χ3v) is 6.88. The number of methoxy groups -OCH3 is 1. The minimum absolute atomic E-state index is 0.0368. The number of aromatic nitrogens is 3. The van der Waals surface area contributed by atoms with Crippen molar-refractivity contribution in [1.82, 2.24) is 14.1 Å². The van der Waals surface area contributed by atoms with Crippen molar-refractivity contribution >= 4 is 57.1 Å². The van der Waals surface area contributed by atoms with Crippen LogP contribution in [0.5, 0.6) is 5.75 Å². The number of alkyl halides is 2. The predicted molar refractivity (Wildman–Crippen MR) is 155 cm³/mol. The van der Waals surface area contributed by atoms with Crippen molar-refractivity contribution in [1.29, 1.82) is 0 Å². The highest BCUT2D eigenvalue weighted by atomic mass is 127. The van der Waals surface area contributed by atoms with Crippen molar-refractivity contribution in [3.05, 3.63) is 85.7 Å². The predicted octanol–water partition coefficient (Wildman–Crippen LogP) is 2.07. The van der Waals surface area contributed by atoms with Gasteiger partial charge < -0.3 is 21.5 Å². The first-order chi connectivity index (χ1) is 16.9. The van der Waals surface area contributed by atoms with Crippen molar-refractivity contribution < 1.29 is 4.74 Å². The number of hydrogen-bond donors (Lipinski definition) is 3. The fourth-order valence-corrected chi connectivity index (χ4v) is 4.88. The summed E-state index contributed by atoms with van der Waals surface area (Å²) in [6.07, 6.45) is 0. The van der Waals surface area contributed by atoms with E-state index in [9.17, 15) is 9.59 Å². The molecule has 0 aliphatic carbocycles. The second-order valence-electron chi connectivity index (χ2n) is 7.62. The zero-order valence-electron chi connectivity index (χ0n) is 19.2. The van der Waals surface area contributed by atoms with Gasteiger partial charge in [-0.15, -0.1) is 0 Å². The van der Waals surface area contributed by atoms with E-state index < -0.39 is 11.4 Å². The van der Waals surface area contributed by atoms with Crippen molar-refractivity contribution in [3.8, 4) is 5.75 Å². The molecule has 0 unspecified atom stereocenters. The fourth-order valence-electron chi connectivity index (χ4n) is 3.42. The van der Waals surface area contributed by atoms with Gasteiger partial charge in [-0.3, -0.25) is 9.56 Å². The van der Waals surface area contributed by atoms with E-state index in [0.29, 0.717) is 12.3 Å². The Morgan fingerprint density at radius 2 is 1.66 bits per heavy atom. The normalized spacial score (nSPS) is 10.7. The molecule has 186 valence electrons. The maximum absolute atomic E-state index is 13.5. The summed E-state index contributed by atoms with van der Waals surface area (Å²) in [7, 11) is 1.59. The standard InChI is InChI=1S/C23H27I2N7O3/c1-35-19-6-3-15(4-7-19)13-31-21(29-9-8-28-20(26)27)30-22(33)32(23(31)34)14-16-2-5-17(11-24)18(10-16)12-25/h2-7,10H,8-9,11-14H2,1H3,(H4,26,27,28)(H,29,30,33). The lowest BCUT2D eigenvalue weighted by molar-refractivity contribution is 0.414. The van der Waals surface area contributed by atoms with Gasteiger partial charge in [-0.05, 0) is 34.4 Å². The fraction of sp³-hybridized carbons (Fsp3) is 0.304. The summed E-state index contributed by atoms with van der Waals surface area (Å²) < 4.78 is 9.55. The van der Waals surface area contributed by atoms with Gasteiger partial charge in [0, 0.05) is 15.4 Å². The lowest BCUT2D eigenvalue weighted by Gasteiger charge is -2.16. The highest BCUT2D eigenvalue weighted by Crippen LogP contribution is 2.19. The summed E-state index contributed by atoms with van der Waals surface area (Å²) in [4.78, 5) is 34.5.